The van der Waals surface area contributed by atoms with Crippen molar-refractivity contribution in [3.05, 3.63) is 28.6 Å². The lowest BCUT2D eigenvalue weighted by Gasteiger charge is -2.39. The maximum Gasteiger partial charge on any atom is 0.382 e. The Bertz CT molecular complexity index is 988. The number of ether oxygens (including phenoxy) is 3. The third-order valence-corrected chi connectivity index (χ3v) is 6.16. The van der Waals surface area contributed by atoms with Gasteiger partial charge in [0, 0.05) is 6.07 Å². The van der Waals surface area contributed by atoms with Crippen LogP contribution in [0, 0.1) is 0 Å². The summed E-state index contributed by atoms with van der Waals surface area (Å²) in [6.07, 6.45) is 1.71. The number of aromatic hydroxyl groups is 1. The normalized spacial score (nSPS) is 24.5. The summed E-state index contributed by atoms with van der Waals surface area (Å²) in [6.45, 7) is 2.07. The van der Waals surface area contributed by atoms with E-state index in [0.717, 1.165) is 19.3 Å². The highest BCUT2D eigenvalue weighted by Gasteiger charge is 2.45. The highest BCUT2D eigenvalue weighted by atomic mass is 16.7. The molecule has 196 valence electrons. The molecule has 1 aliphatic heterocycles. The van der Waals surface area contributed by atoms with E-state index in [1.165, 1.54) is 44.2 Å². The van der Waals surface area contributed by atoms with Crippen molar-refractivity contribution in [2.45, 2.75) is 89.0 Å². The number of fused-ring (bicyclic) bond motifs is 1. The van der Waals surface area contributed by atoms with Gasteiger partial charge in [-0.1, -0.05) is 51.9 Å². The number of unbranched alkanes of at least 4 members (excludes halogenated alkanes) is 7. The second-order valence-electron chi connectivity index (χ2n) is 8.86. The molecule has 10 nitrogen and oxygen atoms in total. The van der Waals surface area contributed by atoms with Gasteiger partial charge < -0.3 is 44.2 Å². The van der Waals surface area contributed by atoms with E-state index < -0.39 is 48.7 Å². The summed E-state index contributed by atoms with van der Waals surface area (Å²) in [4.78, 5) is 12.2. The summed E-state index contributed by atoms with van der Waals surface area (Å²) >= 11 is 0. The Kier molecular flexibility index (Phi) is 10.2. The van der Waals surface area contributed by atoms with Crippen LogP contribution < -0.4 is 15.1 Å². The first kappa shape index (κ1) is 27.2. The highest BCUT2D eigenvalue weighted by Crippen LogP contribution is 2.36. The number of aliphatic hydroxyl groups is 4. The molecular weight excluding hydrogens is 460 g/mol. The molecule has 0 unspecified atom stereocenters. The van der Waals surface area contributed by atoms with Crippen LogP contribution in [0.5, 0.6) is 17.2 Å². The Morgan fingerprint density at radius 3 is 2.31 bits per heavy atom. The predicted molar refractivity (Wildman–Crippen MR) is 127 cm³/mol. The lowest BCUT2D eigenvalue weighted by molar-refractivity contribution is -0.277. The van der Waals surface area contributed by atoms with E-state index in [2.05, 4.69) is 6.92 Å². The van der Waals surface area contributed by atoms with Gasteiger partial charge in [-0.2, -0.15) is 0 Å². The van der Waals surface area contributed by atoms with Gasteiger partial charge in [-0.05, 0) is 18.6 Å². The average molecular weight is 497 g/mol. The van der Waals surface area contributed by atoms with Gasteiger partial charge in [-0.3, -0.25) is 0 Å². The van der Waals surface area contributed by atoms with E-state index in [9.17, 15) is 30.3 Å². The van der Waals surface area contributed by atoms with Gasteiger partial charge in [-0.25, -0.2) is 4.79 Å². The van der Waals surface area contributed by atoms with Crippen LogP contribution in [0.1, 0.15) is 58.3 Å². The molecule has 35 heavy (non-hydrogen) atoms. The molecule has 1 saturated heterocycles. The zero-order chi connectivity index (χ0) is 25.4. The number of aliphatic hydroxyl groups excluding tert-OH is 4. The topological polar surface area (TPSA) is 159 Å². The minimum atomic E-state index is -1.70. The van der Waals surface area contributed by atoms with E-state index in [4.69, 9.17) is 18.6 Å². The molecule has 1 aromatic heterocycles. The number of benzene rings is 1. The van der Waals surface area contributed by atoms with Crippen molar-refractivity contribution in [3.63, 3.8) is 0 Å². The third-order valence-electron chi connectivity index (χ3n) is 6.16. The largest absolute Gasteiger partial charge is 0.499 e. The van der Waals surface area contributed by atoms with E-state index in [1.807, 2.05) is 0 Å². The molecule has 2 heterocycles. The van der Waals surface area contributed by atoms with E-state index in [1.54, 1.807) is 6.07 Å². The third kappa shape index (κ3) is 6.86. The molecule has 0 bridgehead atoms. The van der Waals surface area contributed by atoms with Gasteiger partial charge in [0.2, 0.25) is 12.0 Å². The molecule has 5 atom stereocenters. The first-order valence-corrected chi connectivity index (χ1v) is 12.3. The predicted octanol–water partition coefficient (Wildman–Crippen LogP) is 2.20. The Morgan fingerprint density at radius 1 is 0.943 bits per heavy atom. The smallest absolute Gasteiger partial charge is 0.382 e. The molecule has 0 radical (unpaired) electrons. The average Bonchev–Trinajstić information content (AvgIpc) is 2.85. The molecule has 0 amide bonds. The van der Waals surface area contributed by atoms with Gasteiger partial charge >= 0.3 is 5.63 Å². The monoisotopic (exact) mass is 496 g/mol. The van der Waals surface area contributed by atoms with E-state index in [-0.39, 0.29) is 16.7 Å². The first-order valence-electron chi connectivity index (χ1n) is 12.3. The molecule has 3 rings (SSSR count). The quantitative estimate of drug-likeness (QED) is 0.205. The molecule has 2 aromatic rings. The van der Waals surface area contributed by atoms with Gasteiger partial charge in [-0.15, -0.1) is 0 Å². The molecule has 0 saturated carbocycles. The summed E-state index contributed by atoms with van der Waals surface area (Å²) in [5.74, 6) is -0.689. The summed E-state index contributed by atoms with van der Waals surface area (Å²) in [7, 11) is 0. The fraction of sp³-hybridized carbons (Fsp3) is 0.640. The zero-order valence-corrected chi connectivity index (χ0v) is 20.0. The van der Waals surface area contributed by atoms with Crippen molar-refractivity contribution in [1.82, 2.24) is 0 Å². The van der Waals surface area contributed by atoms with Crippen LogP contribution >= 0.6 is 0 Å². The molecule has 1 fully saturated rings. The molecule has 1 aromatic carbocycles. The number of hydrogen-bond acceptors (Lipinski definition) is 10. The van der Waals surface area contributed by atoms with Gasteiger partial charge in [0.1, 0.15) is 35.7 Å². The lowest BCUT2D eigenvalue weighted by Crippen LogP contribution is -2.60. The molecule has 0 aliphatic carbocycles. The minimum absolute atomic E-state index is 0.0841. The Balaban J connectivity index is 1.65. The number of rotatable bonds is 13. The van der Waals surface area contributed by atoms with Crippen molar-refractivity contribution in [2.24, 2.45) is 0 Å². The van der Waals surface area contributed by atoms with Gasteiger partial charge in [0.05, 0.1) is 18.6 Å². The van der Waals surface area contributed by atoms with Crippen LogP contribution in [-0.4, -0.2) is 69.5 Å². The maximum absolute atomic E-state index is 12.2. The van der Waals surface area contributed by atoms with Crippen molar-refractivity contribution < 1.29 is 44.2 Å². The summed E-state index contributed by atoms with van der Waals surface area (Å²) in [5.41, 5.74) is -0.988. The molecule has 10 heteroatoms. The number of hydrogen-bond donors (Lipinski definition) is 5. The Labute approximate surface area is 203 Å². The summed E-state index contributed by atoms with van der Waals surface area (Å²) in [6, 6.07) is 4.66. The summed E-state index contributed by atoms with van der Waals surface area (Å²) < 4.78 is 21.8. The van der Waals surface area contributed by atoms with Crippen molar-refractivity contribution >= 4 is 11.0 Å². The minimum Gasteiger partial charge on any atom is -0.499 e. The Morgan fingerprint density at radius 2 is 1.63 bits per heavy atom. The van der Waals surface area contributed by atoms with Crippen molar-refractivity contribution in [3.8, 4) is 17.2 Å². The fourth-order valence-corrected chi connectivity index (χ4v) is 4.06. The Hall–Kier alpha value is -2.37. The molecule has 1 aliphatic rings. The molecule has 0 spiro atoms. The fourth-order valence-electron chi connectivity index (χ4n) is 4.06. The van der Waals surface area contributed by atoms with Gasteiger partial charge in [0.15, 0.2) is 5.75 Å². The maximum atomic E-state index is 12.2. The summed E-state index contributed by atoms with van der Waals surface area (Å²) in [5, 5.41) is 49.9. The van der Waals surface area contributed by atoms with Crippen LogP contribution in [-0.2, 0) is 4.74 Å². The van der Waals surface area contributed by atoms with E-state index in [0.29, 0.717) is 12.4 Å². The van der Waals surface area contributed by atoms with Crippen LogP contribution in [0.3, 0.4) is 0 Å². The SMILES string of the molecule is CCCCCCCCCCOc1ccc2c(O[C@@H]3O[C@H](CO)[C@@H](O)[C@H](O)[C@@H]3O)c(O)c(=O)oc2c1. The first-order chi connectivity index (χ1) is 16.9. The zero-order valence-electron chi connectivity index (χ0n) is 20.0. The lowest BCUT2D eigenvalue weighted by atomic mass is 9.99. The highest BCUT2D eigenvalue weighted by molar-refractivity contribution is 5.86. The van der Waals surface area contributed by atoms with Crippen LogP contribution in [0.15, 0.2) is 27.4 Å². The van der Waals surface area contributed by atoms with Crippen LogP contribution in [0.4, 0.5) is 0 Å². The van der Waals surface area contributed by atoms with Crippen molar-refractivity contribution in [2.75, 3.05) is 13.2 Å². The van der Waals surface area contributed by atoms with Gasteiger partial charge in [0.25, 0.3) is 0 Å². The second kappa shape index (κ2) is 13.1. The van der Waals surface area contributed by atoms with Crippen LogP contribution in [0.25, 0.3) is 11.0 Å². The second-order valence-corrected chi connectivity index (χ2v) is 8.86. The molecule has 5 N–H and O–H groups in total. The molecular formula is C25H36O10. The van der Waals surface area contributed by atoms with E-state index >= 15 is 0 Å². The standard InChI is InChI=1S/C25H36O10/c1-2-3-4-5-6-7-8-9-12-32-15-10-11-16-17(13-15)33-24(31)22(30)23(16)35-25-21(29)20(28)19(27)18(14-26)34-25/h10-11,13,18-21,25-30H,2-9,12,14H2,1H3/t18-,19-,20+,21+,25+/m1/s1. The van der Waals surface area contributed by atoms with Crippen LogP contribution in [0.2, 0.25) is 0 Å². The van der Waals surface area contributed by atoms with Crippen molar-refractivity contribution in [1.29, 1.82) is 0 Å².